The summed E-state index contributed by atoms with van der Waals surface area (Å²) in [7, 11) is 0. The number of nitrogens with zero attached hydrogens (tertiary/aromatic N) is 2. The second-order valence-electron chi connectivity index (χ2n) is 5.65. The molecule has 0 amide bonds. The smallest absolute Gasteiger partial charge is 0.228 e. The molecular weight excluding hydrogens is 308 g/mol. The highest BCUT2D eigenvalue weighted by Crippen LogP contribution is 2.18. The molecule has 1 saturated heterocycles. The molecule has 3 nitrogen and oxygen atoms in total. The first kappa shape index (κ1) is 15.8. The summed E-state index contributed by atoms with van der Waals surface area (Å²) in [5.41, 5.74) is 1.42. The van der Waals surface area contributed by atoms with E-state index in [0.717, 1.165) is 31.6 Å². The standard InChI is InChI=1S/C19H19ClN2O/c20-16-11-9-15(10-12-16)18(23)19(22-13-5-2-6-14-22)21-17-7-3-1-4-8-17/h1,3-4,7-12H,2,5-6,13-14H2. The fourth-order valence-electron chi connectivity index (χ4n) is 2.73. The Hall–Kier alpha value is -2.13. The minimum absolute atomic E-state index is 0.0487. The van der Waals surface area contributed by atoms with Gasteiger partial charge in [0.15, 0.2) is 5.84 Å². The number of amidine groups is 1. The number of likely N-dealkylation sites (tertiary alicyclic amines) is 1. The Morgan fingerprint density at radius 1 is 0.913 bits per heavy atom. The van der Waals surface area contributed by atoms with Crippen molar-refractivity contribution in [1.82, 2.24) is 4.90 Å². The zero-order chi connectivity index (χ0) is 16.1. The van der Waals surface area contributed by atoms with Gasteiger partial charge in [0.05, 0.1) is 5.69 Å². The van der Waals surface area contributed by atoms with Crippen LogP contribution in [0.2, 0.25) is 5.02 Å². The van der Waals surface area contributed by atoms with Crippen molar-refractivity contribution in [2.24, 2.45) is 4.99 Å². The molecule has 0 aromatic heterocycles. The number of aliphatic imine (C=N–C) groups is 1. The van der Waals surface area contributed by atoms with Gasteiger partial charge in [0, 0.05) is 23.7 Å². The van der Waals surface area contributed by atoms with E-state index in [1.165, 1.54) is 6.42 Å². The largest absolute Gasteiger partial charge is 0.353 e. The molecule has 1 aliphatic rings. The first-order chi connectivity index (χ1) is 11.2. The number of benzene rings is 2. The summed E-state index contributed by atoms with van der Waals surface area (Å²) >= 11 is 5.92. The molecule has 23 heavy (non-hydrogen) atoms. The van der Waals surface area contributed by atoms with Crippen molar-refractivity contribution in [2.75, 3.05) is 13.1 Å². The van der Waals surface area contributed by atoms with Crippen molar-refractivity contribution >= 4 is 28.9 Å². The average Bonchev–Trinajstić information content (AvgIpc) is 2.61. The van der Waals surface area contributed by atoms with Gasteiger partial charge in [-0.3, -0.25) is 4.79 Å². The zero-order valence-electron chi connectivity index (χ0n) is 12.9. The van der Waals surface area contributed by atoms with E-state index in [1.54, 1.807) is 24.3 Å². The molecule has 3 rings (SSSR count). The molecule has 0 N–H and O–H groups in total. The quantitative estimate of drug-likeness (QED) is 0.463. The Labute approximate surface area is 141 Å². The first-order valence-corrected chi connectivity index (χ1v) is 8.31. The molecule has 0 atom stereocenters. The summed E-state index contributed by atoms with van der Waals surface area (Å²) in [6.07, 6.45) is 3.41. The number of hydrogen-bond donors (Lipinski definition) is 0. The van der Waals surface area contributed by atoms with Gasteiger partial charge in [-0.25, -0.2) is 4.99 Å². The summed E-state index contributed by atoms with van der Waals surface area (Å²) in [5, 5.41) is 0.626. The van der Waals surface area contributed by atoms with Crippen LogP contribution in [-0.4, -0.2) is 29.6 Å². The average molecular weight is 327 g/mol. The molecule has 118 valence electrons. The minimum atomic E-state index is -0.0487. The van der Waals surface area contributed by atoms with Crippen LogP contribution < -0.4 is 0 Å². The van der Waals surface area contributed by atoms with Crippen molar-refractivity contribution in [1.29, 1.82) is 0 Å². The van der Waals surface area contributed by atoms with Gasteiger partial charge in [0.2, 0.25) is 5.78 Å². The lowest BCUT2D eigenvalue weighted by atomic mass is 10.1. The van der Waals surface area contributed by atoms with Gasteiger partial charge in [-0.15, -0.1) is 0 Å². The predicted octanol–water partition coefficient (Wildman–Crippen LogP) is 4.74. The number of carbonyl (C=O) groups excluding carboxylic acids is 1. The lowest BCUT2D eigenvalue weighted by Gasteiger charge is -2.29. The van der Waals surface area contributed by atoms with Crippen LogP contribution in [0.15, 0.2) is 59.6 Å². The van der Waals surface area contributed by atoms with Crippen LogP contribution >= 0.6 is 11.6 Å². The number of rotatable bonds is 3. The fraction of sp³-hybridized carbons (Fsp3) is 0.263. The van der Waals surface area contributed by atoms with Crippen LogP contribution in [0.3, 0.4) is 0 Å². The first-order valence-electron chi connectivity index (χ1n) is 7.93. The number of piperidine rings is 1. The Balaban J connectivity index is 1.95. The molecule has 1 fully saturated rings. The van der Waals surface area contributed by atoms with E-state index in [-0.39, 0.29) is 5.78 Å². The molecule has 0 unspecified atom stereocenters. The van der Waals surface area contributed by atoms with Crippen LogP contribution in [0.5, 0.6) is 0 Å². The normalized spacial score (nSPS) is 15.5. The molecule has 4 heteroatoms. The van der Waals surface area contributed by atoms with E-state index in [1.807, 2.05) is 30.3 Å². The third kappa shape index (κ3) is 3.99. The monoisotopic (exact) mass is 326 g/mol. The SMILES string of the molecule is O=C(C(=Nc1ccccc1)N1CCCCC1)c1ccc(Cl)cc1. The Kier molecular flexibility index (Phi) is 5.09. The molecule has 2 aromatic carbocycles. The van der Waals surface area contributed by atoms with E-state index in [4.69, 9.17) is 11.6 Å². The van der Waals surface area contributed by atoms with Gasteiger partial charge in [-0.2, -0.15) is 0 Å². The molecule has 0 radical (unpaired) electrons. The van der Waals surface area contributed by atoms with Gasteiger partial charge in [-0.1, -0.05) is 29.8 Å². The molecule has 1 aliphatic heterocycles. The van der Waals surface area contributed by atoms with E-state index in [0.29, 0.717) is 16.4 Å². The van der Waals surface area contributed by atoms with Gasteiger partial charge in [-0.05, 0) is 55.7 Å². The Bertz CT molecular complexity index is 689. The highest BCUT2D eigenvalue weighted by atomic mass is 35.5. The number of ketones is 1. The number of halogens is 1. The topological polar surface area (TPSA) is 32.7 Å². The van der Waals surface area contributed by atoms with Crippen LogP contribution in [0.1, 0.15) is 29.6 Å². The van der Waals surface area contributed by atoms with E-state index in [2.05, 4.69) is 9.89 Å². The number of carbonyl (C=O) groups is 1. The second-order valence-corrected chi connectivity index (χ2v) is 6.09. The molecular formula is C19H19ClN2O. The number of Topliss-reactive ketones (excluding diaryl/α,β-unsaturated/α-hetero) is 1. The van der Waals surface area contributed by atoms with Crippen molar-refractivity contribution in [3.63, 3.8) is 0 Å². The van der Waals surface area contributed by atoms with Crippen LogP contribution in [0, 0.1) is 0 Å². The van der Waals surface area contributed by atoms with Gasteiger partial charge in [0.1, 0.15) is 0 Å². The summed E-state index contributed by atoms with van der Waals surface area (Å²) < 4.78 is 0. The van der Waals surface area contributed by atoms with Crippen LogP contribution in [-0.2, 0) is 0 Å². The maximum absolute atomic E-state index is 12.9. The van der Waals surface area contributed by atoms with Gasteiger partial charge >= 0.3 is 0 Å². The molecule has 1 heterocycles. The van der Waals surface area contributed by atoms with Crippen molar-refractivity contribution in [2.45, 2.75) is 19.3 Å². The Morgan fingerprint density at radius 2 is 1.57 bits per heavy atom. The molecule has 0 spiro atoms. The maximum Gasteiger partial charge on any atom is 0.228 e. The van der Waals surface area contributed by atoms with Gasteiger partial charge < -0.3 is 4.90 Å². The van der Waals surface area contributed by atoms with Crippen LogP contribution in [0.25, 0.3) is 0 Å². The van der Waals surface area contributed by atoms with Crippen molar-refractivity contribution in [3.05, 3.63) is 65.2 Å². The molecule has 0 bridgehead atoms. The van der Waals surface area contributed by atoms with Gasteiger partial charge in [0.25, 0.3) is 0 Å². The molecule has 2 aromatic rings. The van der Waals surface area contributed by atoms with Crippen molar-refractivity contribution < 1.29 is 4.79 Å². The highest BCUT2D eigenvalue weighted by molar-refractivity contribution is 6.45. The third-order valence-corrected chi connectivity index (χ3v) is 4.21. The summed E-state index contributed by atoms with van der Waals surface area (Å²) in [4.78, 5) is 19.7. The van der Waals surface area contributed by atoms with E-state index in [9.17, 15) is 4.79 Å². The third-order valence-electron chi connectivity index (χ3n) is 3.96. The lowest BCUT2D eigenvalue weighted by Crippen LogP contribution is -2.40. The van der Waals surface area contributed by atoms with Crippen molar-refractivity contribution in [3.8, 4) is 0 Å². The highest BCUT2D eigenvalue weighted by Gasteiger charge is 2.22. The molecule has 0 aliphatic carbocycles. The van der Waals surface area contributed by atoms with E-state index < -0.39 is 0 Å². The summed E-state index contributed by atoms with van der Waals surface area (Å²) in [6, 6.07) is 16.6. The second kappa shape index (κ2) is 7.42. The Morgan fingerprint density at radius 3 is 2.22 bits per heavy atom. The zero-order valence-corrected chi connectivity index (χ0v) is 13.7. The molecule has 0 saturated carbocycles. The van der Waals surface area contributed by atoms with Crippen LogP contribution in [0.4, 0.5) is 5.69 Å². The lowest BCUT2D eigenvalue weighted by molar-refractivity contribution is 0.104. The number of hydrogen-bond acceptors (Lipinski definition) is 2. The van der Waals surface area contributed by atoms with E-state index >= 15 is 0 Å². The number of para-hydroxylation sites is 1. The fourth-order valence-corrected chi connectivity index (χ4v) is 2.85. The summed E-state index contributed by atoms with van der Waals surface area (Å²) in [6.45, 7) is 1.76. The summed E-state index contributed by atoms with van der Waals surface area (Å²) in [5.74, 6) is 0.477. The maximum atomic E-state index is 12.9. The predicted molar refractivity (Wildman–Crippen MR) is 94.7 cm³/mol. The minimum Gasteiger partial charge on any atom is -0.353 e.